The fourth-order valence-corrected chi connectivity index (χ4v) is 3.53. The number of aromatic nitrogens is 3. The molecule has 0 amide bonds. The van der Waals surface area contributed by atoms with Crippen molar-refractivity contribution in [3.63, 3.8) is 0 Å². The van der Waals surface area contributed by atoms with Gasteiger partial charge in [-0.05, 0) is 12.1 Å². The van der Waals surface area contributed by atoms with Crippen molar-refractivity contribution in [1.82, 2.24) is 15.0 Å². The first-order valence-electron chi connectivity index (χ1n) is 7.52. The van der Waals surface area contributed by atoms with E-state index >= 15 is 0 Å². The van der Waals surface area contributed by atoms with Crippen molar-refractivity contribution in [1.29, 1.82) is 0 Å². The van der Waals surface area contributed by atoms with Crippen LogP contribution in [0.25, 0.3) is 22.3 Å². The zero-order valence-corrected chi connectivity index (χ0v) is 13.7. The maximum atomic E-state index is 10.8. The molecule has 0 unspecified atom stereocenters. The first-order valence-corrected chi connectivity index (χ1v) is 8.34. The van der Waals surface area contributed by atoms with Crippen LogP contribution >= 0.6 is 11.8 Å². The van der Waals surface area contributed by atoms with Crippen molar-refractivity contribution < 1.29 is 4.92 Å². The second kappa shape index (κ2) is 6.37. The maximum Gasteiger partial charge on any atom is 0.269 e. The van der Waals surface area contributed by atoms with E-state index in [1.807, 2.05) is 36.5 Å². The van der Waals surface area contributed by atoms with Gasteiger partial charge in [-0.1, -0.05) is 42.1 Å². The van der Waals surface area contributed by atoms with Gasteiger partial charge in [0.15, 0.2) is 0 Å². The molecular weight excluding hydrogens is 336 g/mol. The van der Waals surface area contributed by atoms with E-state index in [0.29, 0.717) is 0 Å². The third-order valence-corrected chi connectivity index (χ3v) is 4.81. The van der Waals surface area contributed by atoms with E-state index in [-0.39, 0.29) is 5.69 Å². The van der Waals surface area contributed by atoms with Gasteiger partial charge in [0.2, 0.25) is 0 Å². The topological polar surface area (TPSA) is 84.7 Å². The summed E-state index contributed by atoms with van der Waals surface area (Å²) >= 11 is 1.52. The number of rotatable bonds is 4. The highest BCUT2D eigenvalue weighted by molar-refractivity contribution is 7.99. The summed E-state index contributed by atoms with van der Waals surface area (Å²) in [4.78, 5) is 24.2. The predicted molar refractivity (Wildman–Crippen MR) is 96.5 cm³/mol. The molecule has 4 rings (SSSR count). The summed E-state index contributed by atoms with van der Waals surface area (Å²) in [6.07, 6.45) is 3.43. The number of nitro benzene ring substituents is 1. The molecule has 2 heterocycles. The van der Waals surface area contributed by atoms with Crippen LogP contribution in [0.5, 0.6) is 0 Å². The van der Waals surface area contributed by atoms with Crippen molar-refractivity contribution in [2.24, 2.45) is 0 Å². The standard InChI is InChI=1S/C18H12N4O2S/c23-22(24)13-6-8-14(9-7-13)25-15-10-19-18-16(15)17(20-11-21-18)12-4-2-1-3-5-12/h1-11H,(H,19,20,21). The molecule has 0 atom stereocenters. The average molecular weight is 348 g/mol. The number of hydrogen-bond acceptors (Lipinski definition) is 5. The molecule has 0 saturated heterocycles. The fourth-order valence-electron chi connectivity index (χ4n) is 2.59. The lowest BCUT2D eigenvalue weighted by atomic mass is 10.1. The number of nitrogens with zero attached hydrogens (tertiary/aromatic N) is 3. The van der Waals surface area contributed by atoms with E-state index in [2.05, 4.69) is 15.0 Å². The van der Waals surface area contributed by atoms with Gasteiger partial charge in [0.05, 0.1) is 16.0 Å². The van der Waals surface area contributed by atoms with Crippen LogP contribution in [0.2, 0.25) is 0 Å². The number of non-ortho nitro benzene ring substituents is 1. The second-order valence-electron chi connectivity index (χ2n) is 5.32. The smallest absolute Gasteiger partial charge is 0.269 e. The Morgan fingerprint density at radius 1 is 1.00 bits per heavy atom. The molecule has 0 bridgehead atoms. The quantitative estimate of drug-likeness (QED) is 0.427. The van der Waals surface area contributed by atoms with E-state index in [1.54, 1.807) is 18.5 Å². The van der Waals surface area contributed by atoms with Crippen LogP contribution < -0.4 is 0 Å². The van der Waals surface area contributed by atoms with E-state index in [1.165, 1.54) is 23.9 Å². The normalized spacial score (nSPS) is 10.9. The Morgan fingerprint density at radius 3 is 2.48 bits per heavy atom. The molecule has 0 aliphatic rings. The summed E-state index contributed by atoms with van der Waals surface area (Å²) in [6.45, 7) is 0. The highest BCUT2D eigenvalue weighted by atomic mass is 32.2. The molecule has 0 radical (unpaired) electrons. The average Bonchev–Trinajstić information content (AvgIpc) is 3.06. The van der Waals surface area contributed by atoms with Gasteiger partial charge in [-0.2, -0.15) is 0 Å². The summed E-state index contributed by atoms with van der Waals surface area (Å²) in [7, 11) is 0. The monoisotopic (exact) mass is 348 g/mol. The minimum Gasteiger partial charge on any atom is -0.345 e. The molecule has 4 aromatic rings. The van der Waals surface area contributed by atoms with Gasteiger partial charge in [-0.15, -0.1) is 0 Å². The summed E-state index contributed by atoms with van der Waals surface area (Å²) < 4.78 is 0. The lowest BCUT2D eigenvalue weighted by Crippen LogP contribution is -1.88. The highest BCUT2D eigenvalue weighted by Crippen LogP contribution is 2.37. The molecule has 0 aliphatic carbocycles. The van der Waals surface area contributed by atoms with Crippen LogP contribution in [0.3, 0.4) is 0 Å². The summed E-state index contributed by atoms with van der Waals surface area (Å²) in [5.41, 5.74) is 2.71. The SMILES string of the molecule is O=[N+]([O-])c1ccc(Sc2c[nH]c3ncnc(-c4ccccc4)c23)cc1. The highest BCUT2D eigenvalue weighted by Gasteiger charge is 2.14. The molecule has 0 spiro atoms. The zero-order chi connectivity index (χ0) is 17.2. The Kier molecular flexibility index (Phi) is 3.91. The number of nitrogens with one attached hydrogen (secondary N) is 1. The largest absolute Gasteiger partial charge is 0.345 e. The number of hydrogen-bond donors (Lipinski definition) is 1. The van der Waals surface area contributed by atoms with Gasteiger partial charge in [-0.25, -0.2) is 9.97 Å². The van der Waals surface area contributed by atoms with Gasteiger partial charge in [0.25, 0.3) is 5.69 Å². The third-order valence-electron chi connectivity index (χ3n) is 3.76. The number of H-pyrrole nitrogens is 1. The summed E-state index contributed by atoms with van der Waals surface area (Å²) in [6, 6.07) is 16.4. The molecule has 2 aromatic carbocycles. The fraction of sp³-hybridized carbons (Fsp3) is 0. The third kappa shape index (κ3) is 2.97. The van der Waals surface area contributed by atoms with Gasteiger partial charge in [0.1, 0.15) is 12.0 Å². The van der Waals surface area contributed by atoms with Gasteiger partial charge in [0, 0.05) is 33.7 Å². The van der Waals surface area contributed by atoms with Crippen LogP contribution in [0, 0.1) is 10.1 Å². The summed E-state index contributed by atoms with van der Waals surface area (Å²) in [5, 5.41) is 11.7. The van der Waals surface area contributed by atoms with Crippen molar-refractivity contribution in [2.75, 3.05) is 0 Å². The second-order valence-corrected chi connectivity index (χ2v) is 6.43. The van der Waals surface area contributed by atoms with E-state index < -0.39 is 4.92 Å². The van der Waals surface area contributed by atoms with Crippen LogP contribution in [-0.4, -0.2) is 19.9 Å². The van der Waals surface area contributed by atoms with E-state index in [9.17, 15) is 10.1 Å². The minimum atomic E-state index is -0.401. The molecule has 7 heteroatoms. The Bertz CT molecular complexity index is 1050. The number of aromatic amines is 1. The minimum absolute atomic E-state index is 0.0802. The molecule has 0 fully saturated rings. The first kappa shape index (κ1) is 15.3. The van der Waals surface area contributed by atoms with E-state index in [0.717, 1.165) is 32.1 Å². The lowest BCUT2D eigenvalue weighted by molar-refractivity contribution is -0.384. The zero-order valence-electron chi connectivity index (χ0n) is 12.9. The molecule has 6 nitrogen and oxygen atoms in total. The molecular formula is C18H12N4O2S. The number of fused-ring (bicyclic) bond motifs is 1. The Labute approximate surface area is 147 Å². The Balaban J connectivity index is 1.76. The van der Waals surface area contributed by atoms with Gasteiger partial charge < -0.3 is 4.98 Å². The first-order chi connectivity index (χ1) is 12.2. The molecule has 2 aromatic heterocycles. The molecule has 122 valence electrons. The molecule has 1 N–H and O–H groups in total. The Morgan fingerprint density at radius 2 is 1.76 bits per heavy atom. The van der Waals surface area contributed by atoms with Gasteiger partial charge in [-0.3, -0.25) is 10.1 Å². The van der Waals surface area contributed by atoms with Crippen molar-refractivity contribution in [2.45, 2.75) is 9.79 Å². The van der Waals surface area contributed by atoms with Crippen LogP contribution in [-0.2, 0) is 0 Å². The molecule has 25 heavy (non-hydrogen) atoms. The Hall–Kier alpha value is -3.19. The van der Waals surface area contributed by atoms with Crippen molar-refractivity contribution in [3.05, 3.63) is 77.2 Å². The predicted octanol–water partition coefficient (Wildman–Crippen LogP) is 4.68. The van der Waals surface area contributed by atoms with Gasteiger partial charge >= 0.3 is 0 Å². The van der Waals surface area contributed by atoms with Crippen molar-refractivity contribution >= 4 is 28.5 Å². The van der Waals surface area contributed by atoms with E-state index in [4.69, 9.17) is 0 Å². The summed E-state index contributed by atoms with van der Waals surface area (Å²) in [5.74, 6) is 0. The number of nitro groups is 1. The maximum absolute atomic E-state index is 10.8. The molecule has 0 aliphatic heterocycles. The number of benzene rings is 2. The lowest BCUT2D eigenvalue weighted by Gasteiger charge is -2.05. The molecule has 0 saturated carbocycles. The van der Waals surface area contributed by atoms with Crippen molar-refractivity contribution in [3.8, 4) is 11.3 Å². The van der Waals surface area contributed by atoms with Crippen LogP contribution in [0.15, 0.2) is 76.9 Å². The van der Waals surface area contributed by atoms with Crippen LogP contribution in [0.1, 0.15) is 0 Å². The van der Waals surface area contributed by atoms with Crippen LogP contribution in [0.4, 0.5) is 5.69 Å².